The number of aliphatic hydroxyl groups excluding tert-OH is 1. The predicted molar refractivity (Wildman–Crippen MR) is 99.8 cm³/mol. The molecule has 0 saturated heterocycles. The predicted octanol–water partition coefficient (Wildman–Crippen LogP) is 3.92. The number of primary amides is 1. The highest BCUT2D eigenvalue weighted by atomic mass is 19.1. The molecular formula is C22H32FNO2. The lowest BCUT2D eigenvalue weighted by Crippen LogP contribution is -2.66. The summed E-state index contributed by atoms with van der Waals surface area (Å²) in [6, 6.07) is 0. The zero-order chi connectivity index (χ0) is 18.9. The number of aliphatic hydroxyl groups is 1. The van der Waals surface area contributed by atoms with E-state index in [1.54, 1.807) is 0 Å². The molecule has 0 unspecified atom stereocenters. The Morgan fingerprint density at radius 1 is 1.38 bits per heavy atom. The minimum atomic E-state index is -1.63. The summed E-state index contributed by atoms with van der Waals surface area (Å²) in [5, 5.41) is 11.2. The van der Waals surface area contributed by atoms with Crippen molar-refractivity contribution in [2.24, 2.45) is 40.2 Å². The van der Waals surface area contributed by atoms with E-state index < -0.39 is 17.2 Å². The Bertz CT molecular complexity index is 688. The van der Waals surface area contributed by atoms with Gasteiger partial charge in [0.05, 0.1) is 6.10 Å². The van der Waals surface area contributed by atoms with Gasteiger partial charge in [-0.05, 0) is 62.2 Å². The summed E-state index contributed by atoms with van der Waals surface area (Å²) in [5.74, 6) is 0.214. The Hall–Kier alpha value is -1.16. The molecule has 3 N–H and O–H groups in total. The molecule has 0 aliphatic heterocycles. The van der Waals surface area contributed by atoms with Crippen molar-refractivity contribution in [3.63, 3.8) is 0 Å². The second kappa shape index (κ2) is 5.67. The summed E-state index contributed by atoms with van der Waals surface area (Å²) in [4.78, 5) is 11.7. The molecule has 4 heteroatoms. The maximum atomic E-state index is 16.8. The first-order valence-electron chi connectivity index (χ1n) is 10.2. The van der Waals surface area contributed by atoms with Crippen LogP contribution in [0.4, 0.5) is 4.39 Å². The van der Waals surface area contributed by atoms with E-state index in [-0.39, 0.29) is 29.1 Å². The molecule has 144 valence electrons. The zero-order valence-electron chi connectivity index (χ0n) is 16.2. The molecule has 0 spiro atoms. The minimum Gasteiger partial charge on any atom is -0.390 e. The Kier molecular flexibility index (Phi) is 3.97. The Labute approximate surface area is 155 Å². The number of fused-ring (bicyclic) bond motifs is 5. The van der Waals surface area contributed by atoms with Gasteiger partial charge >= 0.3 is 0 Å². The highest BCUT2D eigenvalue weighted by Gasteiger charge is 2.70. The lowest BCUT2D eigenvalue weighted by Gasteiger charge is -2.62. The molecule has 3 nitrogen and oxygen atoms in total. The molecule has 4 aliphatic rings. The number of hydrogen-bond acceptors (Lipinski definition) is 2. The maximum absolute atomic E-state index is 16.8. The van der Waals surface area contributed by atoms with Crippen LogP contribution in [-0.2, 0) is 4.79 Å². The SMILES string of the molecule is C[C@@H]1C[C@H]2[C@@H]3CCC4=CCC=C[C@]4(C)[C@@]3(F)[C@@H](O)C[C@]2(C)[C@H]1CC(N)=O. The fourth-order valence-electron chi connectivity index (χ4n) is 7.46. The van der Waals surface area contributed by atoms with Crippen LogP contribution in [0.5, 0.6) is 0 Å². The summed E-state index contributed by atoms with van der Waals surface area (Å²) < 4.78 is 16.8. The lowest BCUT2D eigenvalue weighted by atomic mass is 9.45. The van der Waals surface area contributed by atoms with Crippen molar-refractivity contribution in [3.8, 4) is 0 Å². The van der Waals surface area contributed by atoms with Gasteiger partial charge in [0.15, 0.2) is 5.67 Å². The monoisotopic (exact) mass is 361 g/mol. The molecule has 3 fully saturated rings. The number of alkyl halides is 1. The van der Waals surface area contributed by atoms with Crippen molar-refractivity contribution in [3.05, 3.63) is 23.8 Å². The number of hydrogen-bond donors (Lipinski definition) is 2. The van der Waals surface area contributed by atoms with Crippen molar-refractivity contribution in [1.82, 2.24) is 0 Å². The van der Waals surface area contributed by atoms with Crippen LogP contribution in [0, 0.1) is 34.5 Å². The van der Waals surface area contributed by atoms with E-state index in [1.807, 2.05) is 19.1 Å². The standard InChI is InChI=1S/C22H32FNO2/c1-13-10-17-15-8-7-14-6-4-5-9-21(14,3)22(15,23)18(25)12-20(17,2)16(13)11-19(24)26/h5-6,9,13,15-18,25H,4,7-8,10-12H2,1-3H3,(H2,24,26)/t13-,15+,16+,17+,18+,20-,21+,22+/m1/s1. The van der Waals surface area contributed by atoms with Gasteiger partial charge in [0.1, 0.15) is 0 Å². The topological polar surface area (TPSA) is 63.3 Å². The first kappa shape index (κ1) is 18.2. The summed E-state index contributed by atoms with van der Waals surface area (Å²) in [5.41, 5.74) is 4.13. The van der Waals surface area contributed by atoms with Crippen LogP contribution in [0.25, 0.3) is 0 Å². The second-order valence-corrected chi connectivity index (χ2v) is 9.81. The number of rotatable bonds is 2. The average Bonchev–Trinajstić information content (AvgIpc) is 2.80. The summed E-state index contributed by atoms with van der Waals surface area (Å²) in [7, 11) is 0. The Morgan fingerprint density at radius 2 is 2.12 bits per heavy atom. The number of nitrogens with two attached hydrogens (primary N) is 1. The maximum Gasteiger partial charge on any atom is 0.217 e. The van der Waals surface area contributed by atoms with Crippen molar-refractivity contribution >= 4 is 5.91 Å². The number of carbonyl (C=O) groups is 1. The molecule has 1 amide bonds. The van der Waals surface area contributed by atoms with Gasteiger partial charge in [0, 0.05) is 17.8 Å². The van der Waals surface area contributed by atoms with E-state index in [2.05, 4.69) is 19.9 Å². The van der Waals surface area contributed by atoms with Gasteiger partial charge in [-0.2, -0.15) is 0 Å². The van der Waals surface area contributed by atoms with Gasteiger partial charge < -0.3 is 10.8 Å². The minimum absolute atomic E-state index is 0.135. The number of halogens is 1. The van der Waals surface area contributed by atoms with Crippen LogP contribution in [0.3, 0.4) is 0 Å². The van der Waals surface area contributed by atoms with E-state index in [0.717, 1.165) is 31.3 Å². The molecule has 0 aromatic carbocycles. The quantitative estimate of drug-likeness (QED) is 0.732. The van der Waals surface area contributed by atoms with E-state index in [0.29, 0.717) is 18.8 Å². The number of allylic oxidation sites excluding steroid dienone is 4. The summed E-state index contributed by atoms with van der Waals surface area (Å²) in [6.45, 7) is 6.31. The Balaban J connectivity index is 1.77. The van der Waals surface area contributed by atoms with E-state index in [1.165, 1.54) is 0 Å². The molecule has 26 heavy (non-hydrogen) atoms. The molecule has 0 aromatic heterocycles. The molecule has 0 heterocycles. The van der Waals surface area contributed by atoms with Crippen molar-refractivity contribution in [1.29, 1.82) is 0 Å². The number of carbonyl (C=O) groups excluding carboxylic acids is 1. The average molecular weight is 362 g/mol. The van der Waals surface area contributed by atoms with Gasteiger partial charge in [0.2, 0.25) is 5.91 Å². The molecule has 4 rings (SSSR count). The van der Waals surface area contributed by atoms with E-state index in [9.17, 15) is 9.90 Å². The van der Waals surface area contributed by atoms with E-state index >= 15 is 4.39 Å². The molecular weight excluding hydrogens is 329 g/mol. The highest BCUT2D eigenvalue weighted by Crippen LogP contribution is 2.70. The summed E-state index contributed by atoms with van der Waals surface area (Å²) >= 11 is 0. The van der Waals surface area contributed by atoms with Crippen LogP contribution >= 0.6 is 0 Å². The molecule has 0 bridgehead atoms. The highest BCUT2D eigenvalue weighted by molar-refractivity contribution is 5.74. The van der Waals surface area contributed by atoms with Gasteiger partial charge in [-0.25, -0.2) is 4.39 Å². The smallest absolute Gasteiger partial charge is 0.217 e. The zero-order valence-corrected chi connectivity index (χ0v) is 16.2. The third kappa shape index (κ3) is 2.11. The largest absolute Gasteiger partial charge is 0.390 e. The normalized spacial score (nSPS) is 52.7. The van der Waals surface area contributed by atoms with Crippen molar-refractivity contribution in [2.45, 2.75) is 71.1 Å². The third-order valence-corrected chi connectivity index (χ3v) is 8.71. The number of amides is 1. The van der Waals surface area contributed by atoms with Crippen molar-refractivity contribution in [2.75, 3.05) is 0 Å². The fourth-order valence-corrected chi connectivity index (χ4v) is 7.46. The molecule has 3 saturated carbocycles. The van der Waals surface area contributed by atoms with Gasteiger partial charge in [-0.15, -0.1) is 0 Å². The van der Waals surface area contributed by atoms with Crippen molar-refractivity contribution < 1.29 is 14.3 Å². The first-order valence-corrected chi connectivity index (χ1v) is 10.2. The van der Waals surface area contributed by atoms with Crippen LogP contribution in [0.15, 0.2) is 23.8 Å². The Morgan fingerprint density at radius 3 is 2.81 bits per heavy atom. The van der Waals surface area contributed by atoms with Gasteiger partial charge in [0.25, 0.3) is 0 Å². The molecule has 0 radical (unpaired) electrons. The van der Waals surface area contributed by atoms with Gasteiger partial charge in [-0.1, -0.05) is 37.6 Å². The van der Waals surface area contributed by atoms with E-state index in [4.69, 9.17) is 5.73 Å². The molecule has 0 aromatic rings. The van der Waals surface area contributed by atoms with Crippen LogP contribution in [0.2, 0.25) is 0 Å². The van der Waals surface area contributed by atoms with Crippen LogP contribution in [0.1, 0.15) is 59.3 Å². The second-order valence-electron chi connectivity index (χ2n) is 9.81. The lowest BCUT2D eigenvalue weighted by molar-refractivity contribution is -0.195. The summed E-state index contributed by atoms with van der Waals surface area (Å²) in [6.07, 6.45) is 9.46. The third-order valence-electron chi connectivity index (χ3n) is 8.71. The fraction of sp³-hybridized carbons (Fsp3) is 0.773. The van der Waals surface area contributed by atoms with Crippen LogP contribution < -0.4 is 5.73 Å². The molecule has 8 atom stereocenters. The first-order chi connectivity index (χ1) is 12.1. The molecule has 4 aliphatic carbocycles. The van der Waals surface area contributed by atoms with Crippen LogP contribution in [-0.4, -0.2) is 22.8 Å². The van der Waals surface area contributed by atoms with Gasteiger partial charge in [-0.3, -0.25) is 4.79 Å².